The third kappa shape index (κ3) is 6.20. The molecule has 3 aromatic rings. The molecular formula is C24H28N2O5S. The Kier molecular flexibility index (Phi) is 7.35. The second-order valence-electron chi connectivity index (χ2n) is 8.51. The first-order valence-electron chi connectivity index (χ1n) is 10.4. The van der Waals surface area contributed by atoms with Gasteiger partial charge in [-0.15, -0.1) is 0 Å². The fourth-order valence-corrected chi connectivity index (χ4v) is 3.61. The summed E-state index contributed by atoms with van der Waals surface area (Å²) in [5, 5.41) is 9.75. The van der Waals surface area contributed by atoms with Gasteiger partial charge in [0.25, 0.3) is 0 Å². The molecule has 3 rings (SSSR count). The largest absolute Gasteiger partial charge is 0.494 e. The smallest absolute Gasteiger partial charge is 0.312 e. The van der Waals surface area contributed by atoms with Crippen LogP contribution in [-0.4, -0.2) is 27.7 Å². The number of aromatic amines is 1. The molecule has 0 aliphatic heterocycles. The number of hydrogen-bond acceptors (Lipinski definition) is 7. The average Bonchev–Trinajstić information content (AvgIpc) is 3.08. The highest BCUT2D eigenvalue weighted by molar-refractivity contribution is 7.09. The quantitative estimate of drug-likeness (QED) is 0.487. The molecular weight excluding hydrogens is 428 g/mol. The number of aromatic hydroxyl groups is 1. The van der Waals surface area contributed by atoms with Crippen LogP contribution in [0.5, 0.6) is 11.6 Å². The molecule has 0 aliphatic carbocycles. The summed E-state index contributed by atoms with van der Waals surface area (Å²) in [7, 11) is 0. The van der Waals surface area contributed by atoms with Gasteiger partial charge in [0.2, 0.25) is 5.88 Å². The van der Waals surface area contributed by atoms with Gasteiger partial charge in [0.1, 0.15) is 12.4 Å². The highest BCUT2D eigenvalue weighted by Crippen LogP contribution is 2.25. The zero-order valence-electron chi connectivity index (χ0n) is 18.7. The molecule has 1 atom stereocenters. The van der Waals surface area contributed by atoms with Crippen LogP contribution in [0.15, 0.2) is 47.4 Å². The Morgan fingerprint density at radius 2 is 1.84 bits per heavy atom. The third-order valence-electron chi connectivity index (χ3n) is 4.84. The number of aryl methyl sites for hydroxylation is 1. The number of nitrogens with one attached hydrogen (secondary N) is 1. The Labute approximate surface area is 191 Å². The minimum atomic E-state index is -0.641. The summed E-state index contributed by atoms with van der Waals surface area (Å²) in [6.45, 7) is 7.59. The van der Waals surface area contributed by atoms with Crippen molar-refractivity contribution in [3.05, 3.63) is 74.0 Å². The lowest BCUT2D eigenvalue weighted by molar-refractivity contribution is -0.160. The molecule has 0 radical (unpaired) electrons. The summed E-state index contributed by atoms with van der Waals surface area (Å²) in [5.41, 5.74) is 2.02. The number of H-pyrrole nitrogens is 1. The monoisotopic (exact) mass is 456 g/mol. The number of pyridine rings is 1. The van der Waals surface area contributed by atoms with Gasteiger partial charge in [0.05, 0.1) is 16.0 Å². The van der Waals surface area contributed by atoms with Crippen molar-refractivity contribution in [3.8, 4) is 11.6 Å². The number of ether oxygens (including phenoxy) is 2. The predicted octanol–water partition coefficient (Wildman–Crippen LogP) is 4.40. The van der Waals surface area contributed by atoms with E-state index >= 15 is 0 Å². The van der Waals surface area contributed by atoms with Crippen LogP contribution in [0.4, 0.5) is 0 Å². The Hall–Kier alpha value is -3.13. The number of rotatable bonds is 8. The zero-order valence-corrected chi connectivity index (χ0v) is 19.5. The summed E-state index contributed by atoms with van der Waals surface area (Å²) < 4.78 is 11.6. The van der Waals surface area contributed by atoms with Crippen molar-refractivity contribution in [2.45, 2.75) is 46.6 Å². The first-order valence-corrected chi connectivity index (χ1v) is 11.3. The number of carbonyl (C=O) groups is 1. The number of thiazole rings is 1. The minimum absolute atomic E-state index is 0.0922. The first kappa shape index (κ1) is 23.5. The lowest BCUT2D eigenvalue weighted by Gasteiger charge is -2.23. The third-order valence-corrected chi connectivity index (χ3v) is 5.71. The van der Waals surface area contributed by atoms with E-state index in [9.17, 15) is 14.7 Å². The standard InChI is InChI=1S/C24H28N2O5S/c1-5-15-8-11-18(25-13-15)19(31-22(28)24(2,3)4)14-30-17-9-6-16(7-10-17)12-20-21(27)26-23(29)32-20/h6-11,13,19,27H,5,12,14H2,1-4H3,(H,26,29). The maximum Gasteiger partial charge on any atom is 0.312 e. The number of benzene rings is 1. The second kappa shape index (κ2) is 9.99. The van der Waals surface area contributed by atoms with Crippen molar-refractivity contribution in [1.82, 2.24) is 9.97 Å². The van der Waals surface area contributed by atoms with Crippen molar-refractivity contribution >= 4 is 17.3 Å². The van der Waals surface area contributed by atoms with Gasteiger partial charge in [-0.1, -0.05) is 36.5 Å². The molecule has 0 spiro atoms. The molecule has 2 aromatic heterocycles. The van der Waals surface area contributed by atoms with E-state index in [1.165, 1.54) is 0 Å². The molecule has 1 aromatic carbocycles. The Morgan fingerprint density at radius 3 is 2.38 bits per heavy atom. The van der Waals surface area contributed by atoms with E-state index in [0.717, 1.165) is 28.9 Å². The molecule has 2 heterocycles. The fourth-order valence-electron chi connectivity index (χ4n) is 2.85. The van der Waals surface area contributed by atoms with E-state index in [0.29, 0.717) is 22.7 Å². The molecule has 0 amide bonds. The van der Waals surface area contributed by atoms with Gasteiger partial charge in [-0.2, -0.15) is 0 Å². The zero-order chi connectivity index (χ0) is 23.3. The van der Waals surface area contributed by atoms with E-state index in [1.54, 1.807) is 39.1 Å². The fraction of sp³-hybridized carbons (Fsp3) is 0.375. The van der Waals surface area contributed by atoms with Crippen LogP contribution in [-0.2, 0) is 22.4 Å². The van der Waals surface area contributed by atoms with Gasteiger partial charge in [-0.05, 0) is 56.5 Å². The van der Waals surface area contributed by atoms with Crippen molar-refractivity contribution in [2.75, 3.05) is 6.61 Å². The van der Waals surface area contributed by atoms with Gasteiger partial charge in [0.15, 0.2) is 6.10 Å². The Morgan fingerprint density at radius 1 is 1.16 bits per heavy atom. The van der Waals surface area contributed by atoms with Crippen molar-refractivity contribution in [3.63, 3.8) is 0 Å². The summed E-state index contributed by atoms with van der Waals surface area (Å²) in [6, 6.07) is 11.2. The van der Waals surface area contributed by atoms with Gasteiger partial charge in [-0.3, -0.25) is 19.6 Å². The molecule has 0 saturated carbocycles. The maximum atomic E-state index is 12.5. The van der Waals surface area contributed by atoms with Crippen molar-refractivity contribution in [2.24, 2.45) is 5.41 Å². The number of nitrogens with zero attached hydrogens (tertiary/aromatic N) is 1. The molecule has 0 aliphatic rings. The molecule has 0 fully saturated rings. The van der Waals surface area contributed by atoms with Gasteiger partial charge in [0, 0.05) is 12.6 Å². The number of carbonyl (C=O) groups excluding carboxylic acids is 1. The molecule has 0 saturated heterocycles. The van der Waals surface area contributed by atoms with E-state index in [1.807, 2.05) is 24.3 Å². The van der Waals surface area contributed by atoms with Crippen LogP contribution in [0.3, 0.4) is 0 Å². The molecule has 8 heteroatoms. The normalized spacial score (nSPS) is 12.4. The minimum Gasteiger partial charge on any atom is -0.494 e. The van der Waals surface area contributed by atoms with Crippen LogP contribution >= 0.6 is 11.3 Å². The molecule has 0 bridgehead atoms. The van der Waals surface area contributed by atoms with E-state index in [2.05, 4.69) is 16.9 Å². The summed E-state index contributed by atoms with van der Waals surface area (Å²) in [6.07, 6.45) is 2.46. The molecule has 7 nitrogen and oxygen atoms in total. The highest BCUT2D eigenvalue weighted by Gasteiger charge is 2.28. The Bertz CT molecular complexity index is 1100. The second-order valence-corrected chi connectivity index (χ2v) is 9.57. The average molecular weight is 457 g/mol. The summed E-state index contributed by atoms with van der Waals surface area (Å²) in [4.78, 5) is 30.9. The van der Waals surface area contributed by atoms with E-state index in [-0.39, 0.29) is 23.3 Å². The topological polar surface area (TPSA) is 102 Å². The molecule has 170 valence electrons. The molecule has 2 N–H and O–H groups in total. The highest BCUT2D eigenvalue weighted by atomic mass is 32.1. The number of hydrogen-bond donors (Lipinski definition) is 2. The number of aromatic nitrogens is 2. The van der Waals surface area contributed by atoms with Crippen LogP contribution in [0.1, 0.15) is 55.5 Å². The lowest BCUT2D eigenvalue weighted by Crippen LogP contribution is -2.27. The van der Waals surface area contributed by atoms with Crippen LogP contribution < -0.4 is 9.61 Å². The first-order chi connectivity index (χ1) is 15.2. The van der Waals surface area contributed by atoms with Crippen LogP contribution in [0.25, 0.3) is 0 Å². The van der Waals surface area contributed by atoms with Crippen LogP contribution in [0.2, 0.25) is 0 Å². The van der Waals surface area contributed by atoms with Gasteiger partial charge in [-0.25, -0.2) is 0 Å². The summed E-state index contributed by atoms with van der Waals surface area (Å²) >= 11 is 0.987. The van der Waals surface area contributed by atoms with Gasteiger partial charge < -0.3 is 14.6 Å². The Balaban J connectivity index is 1.69. The van der Waals surface area contributed by atoms with E-state index < -0.39 is 11.5 Å². The SMILES string of the molecule is CCc1ccc(C(COc2ccc(Cc3sc(=O)[nH]c3O)cc2)OC(=O)C(C)(C)C)nc1. The van der Waals surface area contributed by atoms with E-state index in [4.69, 9.17) is 9.47 Å². The van der Waals surface area contributed by atoms with Gasteiger partial charge >= 0.3 is 10.8 Å². The predicted molar refractivity (Wildman–Crippen MR) is 123 cm³/mol. The molecule has 1 unspecified atom stereocenters. The molecule has 32 heavy (non-hydrogen) atoms. The van der Waals surface area contributed by atoms with Crippen molar-refractivity contribution in [1.29, 1.82) is 0 Å². The maximum absolute atomic E-state index is 12.5. The lowest BCUT2D eigenvalue weighted by atomic mass is 9.97. The number of esters is 1. The van der Waals surface area contributed by atoms with Crippen molar-refractivity contribution < 1.29 is 19.4 Å². The summed E-state index contributed by atoms with van der Waals surface area (Å²) in [5.74, 6) is 0.195. The van der Waals surface area contributed by atoms with Crippen LogP contribution in [0, 0.1) is 5.41 Å².